The van der Waals surface area contributed by atoms with E-state index in [-0.39, 0.29) is 11.1 Å². The number of aliphatic hydroxyl groups excluding tert-OH is 1. The Balaban J connectivity index is 3.12. The molecule has 5 heteroatoms. The van der Waals surface area contributed by atoms with Crippen LogP contribution in [-0.2, 0) is 0 Å². The molecule has 0 aliphatic carbocycles. The summed E-state index contributed by atoms with van der Waals surface area (Å²) < 4.78 is 0. The van der Waals surface area contributed by atoms with Gasteiger partial charge in [0.05, 0.1) is 21.2 Å². The van der Waals surface area contributed by atoms with Gasteiger partial charge >= 0.3 is 0 Å². The van der Waals surface area contributed by atoms with Gasteiger partial charge in [-0.25, -0.2) is 0 Å². The largest absolute Gasteiger partial charge is 0.387 e. The van der Waals surface area contributed by atoms with Gasteiger partial charge < -0.3 is 10.8 Å². The van der Waals surface area contributed by atoms with E-state index < -0.39 is 6.10 Å². The summed E-state index contributed by atoms with van der Waals surface area (Å²) in [6.07, 6.45) is -0.790. The minimum Gasteiger partial charge on any atom is -0.387 e. The Morgan fingerprint density at radius 3 is 2.00 bits per heavy atom. The molecule has 0 fully saturated rings. The Kier molecular flexibility index (Phi) is 4.04. The molecule has 3 N–H and O–H groups in total. The molecule has 1 aromatic rings. The van der Waals surface area contributed by atoms with Crippen molar-refractivity contribution in [2.24, 2.45) is 5.73 Å². The Morgan fingerprint density at radius 2 is 1.64 bits per heavy atom. The molecule has 1 rings (SSSR count). The van der Waals surface area contributed by atoms with E-state index in [4.69, 9.17) is 40.5 Å². The normalized spacial score (nSPS) is 15.3. The smallest absolute Gasteiger partial charge is 0.0939 e. The molecular weight excluding hydrogens is 244 g/mol. The van der Waals surface area contributed by atoms with Gasteiger partial charge in [0.25, 0.3) is 0 Å². The molecule has 0 bridgehead atoms. The van der Waals surface area contributed by atoms with Crippen molar-refractivity contribution in [3.63, 3.8) is 0 Å². The van der Waals surface area contributed by atoms with Crippen LogP contribution >= 0.6 is 34.8 Å². The molecule has 0 aliphatic rings. The molecule has 0 aromatic heterocycles. The summed E-state index contributed by atoms with van der Waals surface area (Å²) in [5, 5.41) is 10.6. The molecule has 0 amide bonds. The van der Waals surface area contributed by atoms with E-state index in [9.17, 15) is 5.11 Å². The highest BCUT2D eigenvalue weighted by Crippen LogP contribution is 2.33. The van der Waals surface area contributed by atoms with Crippen LogP contribution in [0.5, 0.6) is 0 Å². The molecular formula is C9H10Cl3NO. The monoisotopic (exact) mass is 253 g/mol. The van der Waals surface area contributed by atoms with Crippen molar-refractivity contribution < 1.29 is 5.11 Å². The van der Waals surface area contributed by atoms with Gasteiger partial charge in [0.1, 0.15) is 0 Å². The molecule has 78 valence electrons. The van der Waals surface area contributed by atoms with Crippen LogP contribution in [0, 0.1) is 0 Å². The lowest BCUT2D eigenvalue weighted by molar-refractivity contribution is 0.153. The number of halogens is 3. The predicted molar refractivity (Wildman–Crippen MR) is 60.1 cm³/mol. The van der Waals surface area contributed by atoms with Crippen molar-refractivity contribution in [1.29, 1.82) is 0 Å². The van der Waals surface area contributed by atoms with E-state index in [0.717, 1.165) is 0 Å². The first-order valence-corrected chi connectivity index (χ1v) is 5.15. The molecule has 0 spiro atoms. The fourth-order valence-corrected chi connectivity index (χ4v) is 1.66. The van der Waals surface area contributed by atoms with E-state index in [1.165, 1.54) is 0 Å². The second-order valence-electron chi connectivity index (χ2n) is 3.10. The van der Waals surface area contributed by atoms with Crippen molar-refractivity contribution in [3.8, 4) is 0 Å². The van der Waals surface area contributed by atoms with Crippen molar-refractivity contribution in [2.45, 2.75) is 19.1 Å². The van der Waals surface area contributed by atoms with Gasteiger partial charge in [-0.05, 0) is 24.6 Å². The number of benzene rings is 1. The topological polar surface area (TPSA) is 46.2 Å². The fraction of sp³-hybridized carbons (Fsp3) is 0.333. The van der Waals surface area contributed by atoms with Crippen LogP contribution in [0.15, 0.2) is 12.1 Å². The van der Waals surface area contributed by atoms with Crippen molar-refractivity contribution >= 4 is 34.8 Å². The maximum absolute atomic E-state index is 9.65. The standard InChI is InChI=1S/C9H10Cl3NO/c1-4(13)9(14)5-2-6(10)8(12)7(11)3-5/h2-4,9,14H,13H2,1H3/t4-,9-/m1/s1. The predicted octanol–water partition coefficient (Wildman–Crippen LogP) is 3.03. The number of aliphatic hydroxyl groups is 1. The van der Waals surface area contributed by atoms with Gasteiger partial charge in [0.15, 0.2) is 0 Å². The zero-order valence-corrected chi connectivity index (χ0v) is 9.74. The van der Waals surface area contributed by atoms with Crippen molar-refractivity contribution in [1.82, 2.24) is 0 Å². The Labute approximate surface area is 97.6 Å². The second kappa shape index (κ2) is 4.69. The molecule has 0 radical (unpaired) electrons. The van der Waals surface area contributed by atoms with Crippen LogP contribution in [0.1, 0.15) is 18.6 Å². The summed E-state index contributed by atoms with van der Waals surface area (Å²) in [5.74, 6) is 0. The minimum atomic E-state index is -0.790. The summed E-state index contributed by atoms with van der Waals surface area (Å²) in [6.45, 7) is 1.70. The summed E-state index contributed by atoms with van der Waals surface area (Å²) in [5.41, 5.74) is 6.11. The first-order valence-electron chi connectivity index (χ1n) is 4.01. The molecule has 0 saturated heterocycles. The maximum Gasteiger partial charge on any atom is 0.0939 e. The summed E-state index contributed by atoms with van der Waals surface area (Å²) in [4.78, 5) is 0. The number of hydrogen-bond donors (Lipinski definition) is 2. The highest BCUT2D eigenvalue weighted by molar-refractivity contribution is 6.48. The molecule has 14 heavy (non-hydrogen) atoms. The zero-order chi connectivity index (χ0) is 10.9. The van der Waals surface area contributed by atoms with Crippen LogP contribution < -0.4 is 5.73 Å². The molecule has 0 aliphatic heterocycles. The lowest BCUT2D eigenvalue weighted by atomic mass is 10.0. The molecule has 2 atom stereocenters. The number of rotatable bonds is 2. The third-order valence-corrected chi connectivity index (χ3v) is 3.04. The van der Waals surface area contributed by atoms with Gasteiger partial charge in [-0.2, -0.15) is 0 Å². The van der Waals surface area contributed by atoms with E-state index in [2.05, 4.69) is 0 Å². The first-order chi connectivity index (χ1) is 6.43. The van der Waals surface area contributed by atoms with E-state index in [0.29, 0.717) is 15.6 Å². The quantitative estimate of drug-likeness (QED) is 0.797. The summed E-state index contributed by atoms with van der Waals surface area (Å²) >= 11 is 17.4. The average molecular weight is 255 g/mol. The molecule has 2 nitrogen and oxygen atoms in total. The van der Waals surface area contributed by atoms with Gasteiger partial charge in [0, 0.05) is 6.04 Å². The molecule has 1 aromatic carbocycles. The first kappa shape index (κ1) is 12.1. The second-order valence-corrected chi connectivity index (χ2v) is 4.29. The van der Waals surface area contributed by atoms with Crippen LogP contribution in [0.4, 0.5) is 0 Å². The number of hydrogen-bond acceptors (Lipinski definition) is 2. The van der Waals surface area contributed by atoms with Crippen LogP contribution in [0.25, 0.3) is 0 Å². The summed E-state index contributed by atoms with van der Waals surface area (Å²) in [6, 6.07) is 2.73. The molecule has 0 heterocycles. The Morgan fingerprint density at radius 1 is 1.21 bits per heavy atom. The van der Waals surface area contributed by atoms with Gasteiger partial charge in [-0.1, -0.05) is 34.8 Å². The average Bonchev–Trinajstić information content (AvgIpc) is 2.12. The van der Waals surface area contributed by atoms with E-state index >= 15 is 0 Å². The highest BCUT2D eigenvalue weighted by Gasteiger charge is 2.15. The third kappa shape index (κ3) is 2.53. The van der Waals surface area contributed by atoms with Crippen LogP contribution in [0.2, 0.25) is 15.1 Å². The Bertz CT molecular complexity index is 318. The van der Waals surface area contributed by atoms with Gasteiger partial charge in [-0.3, -0.25) is 0 Å². The maximum atomic E-state index is 9.65. The fourth-order valence-electron chi connectivity index (χ4n) is 1.05. The Hall–Kier alpha value is 0.01000. The van der Waals surface area contributed by atoms with Gasteiger partial charge in [0.2, 0.25) is 0 Å². The van der Waals surface area contributed by atoms with Crippen molar-refractivity contribution in [2.75, 3.05) is 0 Å². The minimum absolute atomic E-state index is 0.286. The zero-order valence-electron chi connectivity index (χ0n) is 7.47. The van der Waals surface area contributed by atoms with Crippen LogP contribution in [-0.4, -0.2) is 11.1 Å². The lowest BCUT2D eigenvalue weighted by Crippen LogP contribution is -2.24. The van der Waals surface area contributed by atoms with E-state index in [1.807, 2.05) is 0 Å². The van der Waals surface area contributed by atoms with E-state index in [1.54, 1.807) is 19.1 Å². The lowest BCUT2D eigenvalue weighted by Gasteiger charge is -2.15. The SMILES string of the molecule is C[C@@H](N)[C@@H](O)c1cc(Cl)c(Cl)c(Cl)c1. The third-order valence-electron chi connectivity index (χ3n) is 1.85. The highest BCUT2D eigenvalue weighted by atomic mass is 35.5. The number of nitrogens with two attached hydrogens (primary N) is 1. The van der Waals surface area contributed by atoms with Gasteiger partial charge in [-0.15, -0.1) is 0 Å². The van der Waals surface area contributed by atoms with Crippen molar-refractivity contribution in [3.05, 3.63) is 32.8 Å². The van der Waals surface area contributed by atoms with Crippen LogP contribution in [0.3, 0.4) is 0 Å². The molecule has 0 unspecified atom stereocenters. The summed E-state index contributed by atoms with van der Waals surface area (Å²) in [7, 11) is 0. The molecule has 0 saturated carbocycles.